The van der Waals surface area contributed by atoms with Crippen LogP contribution < -0.4 is 0 Å². The van der Waals surface area contributed by atoms with E-state index in [1.54, 1.807) is 11.8 Å². The number of amides is 1. The van der Waals surface area contributed by atoms with Gasteiger partial charge >= 0.3 is 0 Å². The van der Waals surface area contributed by atoms with E-state index < -0.39 is 5.60 Å². The summed E-state index contributed by atoms with van der Waals surface area (Å²) in [7, 11) is 0. The molecule has 1 aromatic carbocycles. The maximum atomic E-state index is 12.6. The number of hydrogen-bond acceptors (Lipinski definition) is 4. The lowest BCUT2D eigenvalue weighted by atomic mass is 9.92. The minimum absolute atomic E-state index is 0.0426. The van der Waals surface area contributed by atoms with Crippen molar-refractivity contribution < 1.29 is 19.1 Å². The number of carbonyl (C=O) groups excluding carboxylic acids is 1. The first-order valence-electron chi connectivity index (χ1n) is 8.19. The van der Waals surface area contributed by atoms with Crippen molar-refractivity contribution in [3.8, 4) is 0 Å². The molecule has 1 fully saturated rings. The van der Waals surface area contributed by atoms with Crippen LogP contribution in [0.5, 0.6) is 0 Å². The van der Waals surface area contributed by atoms with Gasteiger partial charge in [-0.15, -0.1) is 0 Å². The SMILES string of the molecule is Cc1ccc(C2CN(C(=O)CC(C)(O)c3ccccc3)CCO2)o1. The zero-order chi connectivity index (χ0) is 17.2. The van der Waals surface area contributed by atoms with E-state index in [2.05, 4.69) is 0 Å². The zero-order valence-corrected chi connectivity index (χ0v) is 14.1. The molecular formula is C19H23NO4. The summed E-state index contributed by atoms with van der Waals surface area (Å²) in [5, 5.41) is 10.7. The second-order valence-corrected chi connectivity index (χ2v) is 6.46. The highest BCUT2D eigenvalue weighted by atomic mass is 16.5. The molecular weight excluding hydrogens is 306 g/mol. The molecule has 2 aromatic rings. The Labute approximate surface area is 141 Å². The van der Waals surface area contributed by atoms with E-state index in [1.807, 2.05) is 49.4 Å². The van der Waals surface area contributed by atoms with Gasteiger partial charge in [0.15, 0.2) is 0 Å². The van der Waals surface area contributed by atoms with Crippen LogP contribution in [-0.4, -0.2) is 35.6 Å². The van der Waals surface area contributed by atoms with Crippen molar-refractivity contribution in [2.75, 3.05) is 19.7 Å². The van der Waals surface area contributed by atoms with Gasteiger partial charge in [-0.1, -0.05) is 30.3 Å². The van der Waals surface area contributed by atoms with Crippen molar-refractivity contribution in [1.82, 2.24) is 4.90 Å². The van der Waals surface area contributed by atoms with E-state index in [9.17, 15) is 9.90 Å². The van der Waals surface area contributed by atoms with Crippen LogP contribution in [0.3, 0.4) is 0 Å². The number of furan rings is 1. The van der Waals surface area contributed by atoms with E-state index in [1.165, 1.54) is 0 Å². The molecule has 1 saturated heterocycles. The largest absolute Gasteiger partial charge is 0.464 e. The van der Waals surface area contributed by atoms with Crippen molar-refractivity contribution in [3.63, 3.8) is 0 Å². The number of nitrogens with zero attached hydrogens (tertiary/aromatic N) is 1. The van der Waals surface area contributed by atoms with Crippen LogP contribution in [0.2, 0.25) is 0 Å². The first-order chi connectivity index (χ1) is 11.5. The molecule has 24 heavy (non-hydrogen) atoms. The van der Waals surface area contributed by atoms with Gasteiger partial charge in [0, 0.05) is 6.54 Å². The molecule has 1 amide bonds. The minimum atomic E-state index is -1.19. The highest BCUT2D eigenvalue weighted by molar-refractivity contribution is 5.77. The lowest BCUT2D eigenvalue weighted by Crippen LogP contribution is -2.44. The smallest absolute Gasteiger partial charge is 0.225 e. The number of ether oxygens (including phenoxy) is 1. The fraction of sp³-hybridized carbons (Fsp3) is 0.421. The molecule has 5 heteroatoms. The molecule has 5 nitrogen and oxygen atoms in total. The van der Waals surface area contributed by atoms with E-state index in [-0.39, 0.29) is 18.4 Å². The Balaban J connectivity index is 1.66. The Kier molecular flexibility index (Phi) is 4.73. The van der Waals surface area contributed by atoms with Crippen LogP contribution in [-0.2, 0) is 15.1 Å². The molecule has 0 bridgehead atoms. The molecule has 0 spiro atoms. The van der Waals surface area contributed by atoms with Crippen molar-refractivity contribution in [2.45, 2.75) is 32.0 Å². The van der Waals surface area contributed by atoms with Gasteiger partial charge in [0.2, 0.25) is 5.91 Å². The lowest BCUT2D eigenvalue weighted by molar-refractivity contribution is -0.144. The average Bonchev–Trinajstić information content (AvgIpc) is 3.02. The molecule has 1 aliphatic rings. The summed E-state index contributed by atoms with van der Waals surface area (Å²) in [6, 6.07) is 13.0. The average molecular weight is 329 g/mol. The normalized spacial score (nSPS) is 20.6. The number of morpholine rings is 1. The first kappa shape index (κ1) is 16.7. The van der Waals surface area contributed by atoms with Gasteiger partial charge in [-0.25, -0.2) is 0 Å². The van der Waals surface area contributed by atoms with E-state index in [0.717, 1.165) is 17.1 Å². The Morgan fingerprint density at radius 3 is 2.71 bits per heavy atom. The number of benzene rings is 1. The maximum absolute atomic E-state index is 12.6. The fourth-order valence-electron chi connectivity index (χ4n) is 2.98. The standard InChI is InChI=1S/C19H23NO4/c1-14-8-9-16(24-14)17-13-20(10-11-23-17)18(21)12-19(2,22)15-6-4-3-5-7-15/h3-9,17,22H,10-13H2,1-2H3. The molecule has 128 valence electrons. The Morgan fingerprint density at radius 1 is 1.29 bits per heavy atom. The third kappa shape index (κ3) is 3.68. The topological polar surface area (TPSA) is 62.9 Å². The quantitative estimate of drug-likeness (QED) is 0.937. The molecule has 1 aliphatic heterocycles. The van der Waals surface area contributed by atoms with Crippen molar-refractivity contribution in [1.29, 1.82) is 0 Å². The molecule has 3 rings (SSSR count). The predicted octanol–water partition coefficient (Wildman–Crippen LogP) is 2.79. The highest BCUT2D eigenvalue weighted by Crippen LogP contribution is 2.28. The molecule has 2 unspecified atom stereocenters. The van der Waals surface area contributed by atoms with Crippen molar-refractivity contribution in [3.05, 3.63) is 59.5 Å². The predicted molar refractivity (Wildman–Crippen MR) is 89.3 cm³/mol. The van der Waals surface area contributed by atoms with Crippen molar-refractivity contribution in [2.24, 2.45) is 0 Å². The Hall–Kier alpha value is -2.11. The summed E-state index contributed by atoms with van der Waals surface area (Å²) < 4.78 is 11.3. The Bertz CT molecular complexity index is 692. The summed E-state index contributed by atoms with van der Waals surface area (Å²) in [5.74, 6) is 1.48. The Morgan fingerprint density at radius 2 is 2.04 bits per heavy atom. The summed E-state index contributed by atoms with van der Waals surface area (Å²) in [6.07, 6.45) is -0.209. The second kappa shape index (κ2) is 6.79. The van der Waals surface area contributed by atoms with Crippen LogP contribution in [0.25, 0.3) is 0 Å². The number of rotatable bonds is 4. The third-order valence-corrected chi connectivity index (χ3v) is 4.39. The van der Waals surface area contributed by atoms with E-state index in [4.69, 9.17) is 9.15 Å². The van der Waals surface area contributed by atoms with E-state index in [0.29, 0.717) is 19.7 Å². The number of hydrogen-bond donors (Lipinski definition) is 1. The van der Waals surface area contributed by atoms with Gasteiger partial charge in [0.25, 0.3) is 0 Å². The minimum Gasteiger partial charge on any atom is -0.464 e. The van der Waals surface area contributed by atoms with Gasteiger partial charge < -0.3 is 19.2 Å². The molecule has 1 N–H and O–H groups in total. The van der Waals surface area contributed by atoms with Gasteiger partial charge in [-0.05, 0) is 31.5 Å². The summed E-state index contributed by atoms with van der Waals surface area (Å²) in [5.41, 5.74) is -0.447. The van der Waals surface area contributed by atoms with Crippen LogP contribution in [0, 0.1) is 6.92 Å². The molecule has 0 saturated carbocycles. The lowest BCUT2D eigenvalue weighted by Gasteiger charge is -2.34. The number of carbonyl (C=O) groups is 1. The van der Waals surface area contributed by atoms with Crippen LogP contribution in [0.1, 0.15) is 36.5 Å². The number of aryl methyl sites for hydroxylation is 1. The van der Waals surface area contributed by atoms with Gasteiger partial charge in [-0.3, -0.25) is 4.79 Å². The van der Waals surface area contributed by atoms with Gasteiger partial charge in [0.05, 0.1) is 25.2 Å². The first-order valence-corrected chi connectivity index (χ1v) is 8.19. The second-order valence-electron chi connectivity index (χ2n) is 6.46. The molecule has 1 aromatic heterocycles. The summed E-state index contributed by atoms with van der Waals surface area (Å²) in [6.45, 7) is 4.99. The van der Waals surface area contributed by atoms with Crippen LogP contribution in [0.4, 0.5) is 0 Å². The van der Waals surface area contributed by atoms with E-state index >= 15 is 0 Å². The van der Waals surface area contributed by atoms with Crippen LogP contribution in [0.15, 0.2) is 46.9 Å². The highest BCUT2D eigenvalue weighted by Gasteiger charge is 2.32. The summed E-state index contributed by atoms with van der Waals surface area (Å²) in [4.78, 5) is 14.4. The van der Waals surface area contributed by atoms with Crippen LogP contribution >= 0.6 is 0 Å². The molecule has 0 aliphatic carbocycles. The van der Waals surface area contributed by atoms with Gasteiger partial charge in [-0.2, -0.15) is 0 Å². The molecule has 2 atom stereocenters. The molecule has 2 heterocycles. The molecule has 0 radical (unpaired) electrons. The maximum Gasteiger partial charge on any atom is 0.225 e. The summed E-state index contributed by atoms with van der Waals surface area (Å²) >= 11 is 0. The van der Waals surface area contributed by atoms with Gasteiger partial charge in [0.1, 0.15) is 17.6 Å². The monoisotopic (exact) mass is 329 g/mol. The fourth-order valence-corrected chi connectivity index (χ4v) is 2.98. The van der Waals surface area contributed by atoms with Crippen molar-refractivity contribution >= 4 is 5.91 Å². The third-order valence-electron chi connectivity index (χ3n) is 4.39. The number of aliphatic hydroxyl groups is 1. The zero-order valence-electron chi connectivity index (χ0n) is 14.1.